The molecule has 0 amide bonds. The van der Waals surface area contributed by atoms with E-state index < -0.39 is 5.54 Å². The minimum Gasteiger partial charge on any atom is -0.504 e. The predicted molar refractivity (Wildman–Crippen MR) is 115 cm³/mol. The van der Waals surface area contributed by atoms with Crippen LogP contribution in [-0.4, -0.2) is 23.4 Å². The molecule has 2 bridgehead atoms. The van der Waals surface area contributed by atoms with Crippen LogP contribution in [0.25, 0.3) is 0 Å². The smallest absolute Gasteiger partial charge is 0.248 e. The minimum atomic E-state index is -0.627. The van der Waals surface area contributed by atoms with Gasteiger partial charge < -0.3 is 14.8 Å². The third kappa shape index (κ3) is 3.19. The van der Waals surface area contributed by atoms with Gasteiger partial charge in [-0.15, -0.1) is 0 Å². The van der Waals surface area contributed by atoms with Crippen LogP contribution in [0.1, 0.15) is 37.1 Å². The van der Waals surface area contributed by atoms with Gasteiger partial charge in [0.1, 0.15) is 5.54 Å². The highest BCUT2D eigenvalue weighted by molar-refractivity contribution is 6.31. The zero-order valence-corrected chi connectivity index (χ0v) is 17.4. The van der Waals surface area contributed by atoms with Crippen LogP contribution < -0.4 is 10.3 Å². The number of methoxy groups -OCH3 is 1. The first-order chi connectivity index (χ1) is 13.9. The molecular formula is C23H23ClN2O3. The molecule has 6 heteroatoms. The van der Waals surface area contributed by atoms with Gasteiger partial charge in [-0.2, -0.15) is 0 Å². The molecule has 1 aromatic heterocycles. The van der Waals surface area contributed by atoms with Crippen molar-refractivity contribution in [3.05, 3.63) is 79.8 Å². The van der Waals surface area contributed by atoms with Crippen LogP contribution >= 0.6 is 11.6 Å². The van der Waals surface area contributed by atoms with E-state index in [1.165, 1.54) is 18.3 Å². The summed E-state index contributed by atoms with van der Waals surface area (Å²) in [4.78, 5) is 20.0. The first-order valence-corrected chi connectivity index (χ1v) is 9.94. The van der Waals surface area contributed by atoms with Gasteiger partial charge in [-0.25, -0.2) is 0 Å². The molecule has 0 saturated heterocycles. The molecule has 2 N–H and O–H groups in total. The quantitative estimate of drug-likeness (QED) is 0.576. The number of pyridine rings is 1. The number of aliphatic imine (C=N–C) groups is 1. The lowest BCUT2D eigenvalue weighted by Crippen LogP contribution is -2.40. The van der Waals surface area contributed by atoms with Crippen LogP contribution in [0.3, 0.4) is 0 Å². The number of rotatable bonds is 3. The second kappa shape index (κ2) is 7.23. The molecule has 0 saturated carbocycles. The fourth-order valence-corrected chi connectivity index (χ4v) is 4.90. The van der Waals surface area contributed by atoms with Crippen LogP contribution in [0.4, 0.5) is 0 Å². The van der Waals surface area contributed by atoms with Crippen molar-refractivity contribution in [2.75, 3.05) is 7.11 Å². The number of fused-ring (bicyclic) bond motifs is 4. The average molecular weight is 411 g/mol. The van der Waals surface area contributed by atoms with Gasteiger partial charge >= 0.3 is 0 Å². The van der Waals surface area contributed by atoms with Gasteiger partial charge in [0.25, 0.3) is 0 Å². The number of aromatic amines is 1. The zero-order valence-electron chi connectivity index (χ0n) is 16.6. The number of nitrogens with zero attached hydrogens (tertiary/aromatic N) is 1. The van der Waals surface area contributed by atoms with Gasteiger partial charge in [0, 0.05) is 52.5 Å². The van der Waals surface area contributed by atoms with Crippen LogP contribution in [0, 0.1) is 5.92 Å². The lowest BCUT2D eigenvalue weighted by atomic mass is 9.63. The fraction of sp³-hybridized carbons (Fsp3) is 0.304. The van der Waals surface area contributed by atoms with Crippen molar-refractivity contribution in [1.82, 2.24) is 4.98 Å². The molecule has 1 aromatic carbocycles. The van der Waals surface area contributed by atoms with Crippen molar-refractivity contribution in [2.45, 2.75) is 32.2 Å². The Bertz CT molecular complexity index is 1130. The maximum Gasteiger partial charge on any atom is 0.248 e. The molecule has 4 rings (SSSR count). The normalized spacial score (nSPS) is 24.5. The van der Waals surface area contributed by atoms with Crippen LogP contribution in [0.2, 0.25) is 5.02 Å². The summed E-state index contributed by atoms with van der Waals surface area (Å²) in [6.45, 7) is 4.14. The summed E-state index contributed by atoms with van der Waals surface area (Å²) in [5.41, 5.74) is 4.12. The lowest BCUT2D eigenvalue weighted by molar-refractivity contribution is 0.373. The Morgan fingerprint density at radius 2 is 2.17 bits per heavy atom. The van der Waals surface area contributed by atoms with E-state index in [-0.39, 0.29) is 17.2 Å². The molecule has 2 aliphatic rings. The Labute approximate surface area is 174 Å². The summed E-state index contributed by atoms with van der Waals surface area (Å²) < 4.78 is 5.21. The molecular weight excluding hydrogens is 388 g/mol. The van der Waals surface area contributed by atoms with Crippen molar-refractivity contribution < 1.29 is 9.84 Å². The maximum absolute atomic E-state index is 11.9. The molecule has 1 heterocycles. The van der Waals surface area contributed by atoms with Crippen molar-refractivity contribution in [3.8, 4) is 11.5 Å². The van der Waals surface area contributed by atoms with E-state index in [4.69, 9.17) is 21.3 Å². The first kappa shape index (κ1) is 19.5. The van der Waals surface area contributed by atoms with Gasteiger partial charge in [-0.3, -0.25) is 9.79 Å². The van der Waals surface area contributed by atoms with Gasteiger partial charge in [0.2, 0.25) is 5.56 Å². The van der Waals surface area contributed by atoms with Crippen LogP contribution in [-0.2, 0) is 12.0 Å². The number of phenols is 1. The van der Waals surface area contributed by atoms with E-state index in [0.29, 0.717) is 22.8 Å². The van der Waals surface area contributed by atoms with Crippen molar-refractivity contribution in [1.29, 1.82) is 0 Å². The molecule has 2 aromatic rings. The SMILES string of the molecule is C/C=C1\C2C=C(C)CC1(N=Cc1cc(Cl)cc(OC)c1O)c1ccc(=O)[nH]c1C2. The number of halogens is 1. The molecule has 0 fully saturated rings. The number of phenolic OH excluding ortho intramolecular Hbond substituents is 1. The highest BCUT2D eigenvalue weighted by atomic mass is 35.5. The molecule has 0 spiro atoms. The second-order valence-corrected chi connectivity index (χ2v) is 8.06. The number of nitrogens with one attached hydrogen (secondary N) is 1. The van der Waals surface area contributed by atoms with Gasteiger partial charge in [-0.05, 0) is 38.0 Å². The highest BCUT2D eigenvalue weighted by Crippen LogP contribution is 2.52. The van der Waals surface area contributed by atoms with Crippen LogP contribution in [0.5, 0.6) is 11.5 Å². The number of aromatic hydroxyl groups is 1. The molecule has 0 aliphatic heterocycles. The van der Waals surface area contributed by atoms with E-state index in [1.54, 1.807) is 24.4 Å². The number of benzene rings is 1. The number of H-pyrrole nitrogens is 1. The largest absolute Gasteiger partial charge is 0.504 e. The standard InChI is InChI=1S/C23H23ClN2O3/c1-4-17-14-7-13(2)11-23(17,18-5-6-21(27)26-19(18)9-14)25-12-15-8-16(24)10-20(29-3)22(15)28/h4-8,10,12,14,28H,9,11H2,1-3H3,(H,26,27)/b17-4+,25-12?. The zero-order chi connectivity index (χ0) is 20.8. The molecule has 2 atom stereocenters. The summed E-state index contributed by atoms with van der Waals surface area (Å²) in [5.74, 6) is 0.476. The monoisotopic (exact) mass is 410 g/mol. The number of hydrogen-bond donors (Lipinski definition) is 2. The van der Waals surface area contributed by atoms with Crippen molar-refractivity contribution >= 4 is 17.8 Å². The van der Waals surface area contributed by atoms with E-state index in [9.17, 15) is 9.90 Å². The first-order valence-electron chi connectivity index (χ1n) is 9.56. The highest BCUT2D eigenvalue weighted by Gasteiger charge is 2.46. The summed E-state index contributed by atoms with van der Waals surface area (Å²) >= 11 is 6.19. The Balaban J connectivity index is 1.92. The Kier molecular flexibility index (Phi) is 4.87. The molecule has 0 radical (unpaired) electrons. The maximum atomic E-state index is 11.9. The van der Waals surface area contributed by atoms with Gasteiger partial charge in [-0.1, -0.05) is 29.3 Å². The third-order valence-corrected chi connectivity index (χ3v) is 6.01. The number of allylic oxidation sites excluding steroid dienone is 2. The number of hydrogen-bond acceptors (Lipinski definition) is 4. The second-order valence-electron chi connectivity index (χ2n) is 7.62. The van der Waals surface area contributed by atoms with E-state index in [1.807, 2.05) is 13.0 Å². The Hall–Kier alpha value is -2.79. The van der Waals surface area contributed by atoms with Gasteiger partial charge in [0.05, 0.1) is 7.11 Å². The average Bonchev–Trinajstić information content (AvgIpc) is 2.67. The predicted octanol–water partition coefficient (Wildman–Crippen LogP) is 4.53. The Morgan fingerprint density at radius 1 is 1.38 bits per heavy atom. The lowest BCUT2D eigenvalue weighted by Gasteiger charge is -2.45. The topological polar surface area (TPSA) is 74.7 Å². The number of aromatic nitrogens is 1. The molecule has 5 nitrogen and oxygen atoms in total. The number of ether oxygens (including phenoxy) is 1. The minimum absolute atomic E-state index is 0.00352. The molecule has 2 unspecified atom stereocenters. The van der Waals surface area contributed by atoms with Gasteiger partial charge in [0.15, 0.2) is 11.5 Å². The van der Waals surface area contributed by atoms with Crippen LogP contribution in [0.15, 0.2) is 57.4 Å². The molecule has 150 valence electrons. The van der Waals surface area contributed by atoms with E-state index >= 15 is 0 Å². The summed E-state index contributed by atoms with van der Waals surface area (Å²) in [5, 5.41) is 11.0. The summed E-state index contributed by atoms with van der Waals surface area (Å²) in [6.07, 6.45) is 7.49. The molecule has 2 aliphatic carbocycles. The van der Waals surface area contributed by atoms with E-state index in [0.717, 1.165) is 17.7 Å². The summed E-state index contributed by atoms with van der Waals surface area (Å²) in [7, 11) is 1.48. The Morgan fingerprint density at radius 3 is 2.90 bits per heavy atom. The third-order valence-electron chi connectivity index (χ3n) is 5.79. The molecule has 29 heavy (non-hydrogen) atoms. The van der Waals surface area contributed by atoms with Crippen molar-refractivity contribution in [3.63, 3.8) is 0 Å². The van der Waals surface area contributed by atoms with Crippen molar-refractivity contribution in [2.24, 2.45) is 10.9 Å². The summed E-state index contributed by atoms with van der Waals surface area (Å²) in [6, 6.07) is 6.65. The fourth-order valence-electron chi connectivity index (χ4n) is 4.68. The van der Waals surface area contributed by atoms with E-state index in [2.05, 4.69) is 24.1 Å².